The molecule has 7 heteroatoms. The second kappa shape index (κ2) is 5.79. The van der Waals surface area contributed by atoms with Crippen LogP contribution in [0.25, 0.3) is 21.3 Å². The van der Waals surface area contributed by atoms with Crippen LogP contribution in [0.2, 0.25) is 5.02 Å². The van der Waals surface area contributed by atoms with Crippen molar-refractivity contribution >= 4 is 44.2 Å². The van der Waals surface area contributed by atoms with Crippen LogP contribution in [0.1, 0.15) is 12.0 Å². The van der Waals surface area contributed by atoms with Crippen molar-refractivity contribution in [3.8, 4) is 11.1 Å². The van der Waals surface area contributed by atoms with Gasteiger partial charge in [-0.3, -0.25) is 9.78 Å². The summed E-state index contributed by atoms with van der Waals surface area (Å²) in [5.74, 6) is -0.859. The van der Waals surface area contributed by atoms with Crippen molar-refractivity contribution < 1.29 is 9.18 Å². The summed E-state index contributed by atoms with van der Waals surface area (Å²) in [6.07, 6.45) is 2.81. The molecule has 1 aliphatic carbocycles. The predicted octanol–water partition coefficient (Wildman–Crippen LogP) is 4.62. The van der Waals surface area contributed by atoms with Gasteiger partial charge in [0, 0.05) is 18.0 Å². The maximum absolute atomic E-state index is 13.0. The highest BCUT2D eigenvalue weighted by molar-refractivity contribution is 7.22. The monoisotopic (exact) mass is 361 g/mol. The molecule has 1 amide bonds. The third kappa shape index (κ3) is 2.76. The number of halogens is 2. The molecule has 1 fully saturated rings. The number of thiazole rings is 1. The zero-order valence-corrected chi connectivity index (χ0v) is 14.3. The topological polar surface area (TPSA) is 54.9 Å². The molecule has 122 valence electrons. The predicted molar refractivity (Wildman–Crippen MR) is 94.2 cm³/mol. The van der Waals surface area contributed by atoms with Crippen molar-refractivity contribution in [1.29, 1.82) is 0 Å². The summed E-state index contributed by atoms with van der Waals surface area (Å²) in [7, 11) is 0. The molecular weight excluding hydrogens is 349 g/mol. The van der Waals surface area contributed by atoms with Crippen molar-refractivity contribution in [2.75, 3.05) is 5.32 Å². The normalized spacial score (nSPS) is 19.5. The summed E-state index contributed by atoms with van der Waals surface area (Å²) in [5.41, 5.74) is 3.68. The minimum Gasteiger partial charge on any atom is -0.302 e. The number of nitrogens with zero attached hydrogens (tertiary/aromatic N) is 2. The number of aryl methyl sites for hydroxylation is 1. The quantitative estimate of drug-likeness (QED) is 0.740. The minimum absolute atomic E-state index is 0.294. The molecule has 2 heterocycles. The van der Waals surface area contributed by atoms with E-state index in [1.165, 1.54) is 11.3 Å². The summed E-state index contributed by atoms with van der Waals surface area (Å²) < 4.78 is 13.8. The molecule has 1 aromatic carbocycles. The van der Waals surface area contributed by atoms with Gasteiger partial charge in [0.25, 0.3) is 0 Å². The van der Waals surface area contributed by atoms with Gasteiger partial charge < -0.3 is 5.32 Å². The molecule has 1 aliphatic rings. The van der Waals surface area contributed by atoms with Crippen molar-refractivity contribution in [2.24, 2.45) is 5.92 Å². The fourth-order valence-corrected chi connectivity index (χ4v) is 3.85. The van der Waals surface area contributed by atoms with Crippen LogP contribution < -0.4 is 5.32 Å². The highest BCUT2D eigenvalue weighted by atomic mass is 35.5. The molecule has 0 radical (unpaired) electrons. The van der Waals surface area contributed by atoms with Crippen LogP contribution in [0.5, 0.6) is 0 Å². The van der Waals surface area contributed by atoms with E-state index in [-0.39, 0.29) is 5.91 Å². The van der Waals surface area contributed by atoms with Gasteiger partial charge in [0.2, 0.25) is 5.91 Å². The van der Waals surface area contributed by atoms with Gasteiger partial charge in [-0.15, -0.1) is 0 Å². The lowest BCUT2D eigenvalue weighted by molar-refractivity contribution is -0.117. The molecule has 24 heavy (non-hydrogen) atoms. The molecule has 0 spiro atoms. The third-order valence-electron chi connectivity index (χ3n) is 4.08. The molecular formula is C17H13ClFN3OS. The van der Waals surface area contributed by atoms with Gasteiger partial charge in [0.15, 0.2) is 5.13 Å². The van der Waals surface area contributed by atoms with Crippen LogP contribution in [0, 0.1) is 12.8 Å². The van der Waals surface area contributed by atoms with Crippen molar-refractivity contribution in [3.63, 3.8) is 0 Å². The van der Waals surface area contributed by atoms with Gasteiger partial charge in [-0.05, 0) is 42.7 Å². The number of alkyl halides is 1. The Balaban J connectivity index is 1.70. The number of nitrogens with one attached hydrogen (secondary N) is 1. The second-order valence-electron chi connectivity index (χ2n) is 5.86. The molecule has 2 atom stereocenters. The van der Waals surface area contributed by atoms with E-state index in [2.05, 4.69) is 15.3 Å². The van der Waals surface area contributed by atoms with E-state index in [0.29, 0.717) is 22.1 Å². The van der Waals surface area contributed by atoms with Crippen LogP contribution >= 0.6 is 22.9 Å². The number of anilines is 1. The Hall–Kier alpha value is -2.05. The van der Waals surface area contributed by atoms with Crippen LogP contribution in [-0.4, -0.2) is 22.0 Å². The summed E-state index contributed by atoms with van der Waals surface area (Å²) in [5, 5.41) is 3.63. The molecule has 0 aliphatic heterocycles. The van der Waals surface area contributed by atoms with Gasteiger partial charge in [0.05, 0.1) is 15.6 Å². The van der Waals surface area contributed by atoms with E-state index in [0.717, 1.165) is 21.4 Å². The molecule has 0 saturated heterocycles. The lowest BCUT2D eigenvalue weighted by Gasteiger charge is -2.05. The number of pyridine rings is 1. The van der Waals surface area contributed by atoms with Crippen LogP contribution in [0.15, 0.2) is 30.6 Å². The Morgan fingerprint density at radius 3 is 2.96 bits per heavy atom. The average molecular weight is 362 g/mol. The van der Waals surface area contributed by atoms with E-state index in [4.69, 9.17) is 11.6 Å². The van der Waals surface area contributed by atoms with Crippen molar-refractivity contribution in [2.45, 2.75) is 19.5 Å². The highest BCUT2D eigenvalue weighted by Crippen LogP contribution is 2.38. The first-order valence-corrected chi connectivity index (χ1v) is 8.68. The van der Waals surface area contributed by atoms with Crippen LogP contribution in [-0.2, 0) is 4.79 Å². The van der Waals surface area contributed by atoms with Gasteiger partial charge in [-0.25, -0.2) is 9.37 Å². The Kier molecular flexibility index (Phi) is 3.73. The molecule has 4 rings (SSSR count). The number of hydrogen-bond donors (Lipinski definition) is 1. The van der Waals surface area contributed by atoms with Crippen molar-refractivity contribution in [3.05, 3.63) is 41.2 Å². The highest BCUT2D eigenvalue weighted by Gasteiger charge is 2.43. The van der Waals surface area contributed by atoms with Crippen LogP contribution in [0.3, 0.4) is 0 Å². The summed E-state index contributed by atoms with van der Waals surface area (Å²) in [4.78, 5) is 20.4. The first-order valence-electron chi connectivity index (χ1n) is 7.49. The summed E-state index contributed by atoms with van der Waals surface area (Å²) >= 11 is 7.69. The molecule has 1 saturated carbocycles. The fraction of sp³-hybridized carbons (Fsp3) is 0.235. The zero-order valence-electron chi connectivity index (χ0n) is 12.7. The molecule has 1 N–H and O–H groups in total. The first kappa shape index (κ1) is 15.5. The number of hydrogen-bond acceptors (Lipinski definition) is 4. The fourth-order valence-electron chi connectivity index (χ4n) is 2.60. The Morgan fingerprint density at radius 2 is 2.25 bits per heavy atom. The van der Waals surface area contributed by atoms with E-state index >= 15 is 0 Å². The van der Waals surface area contributed by atoms with E-state index < -0.39 is 12.1 Å². The van der Waals surface area contributed by atoms with Gasteiger partial charge >= 0.3 is 0 Å². The molecule has 3 aromatic rings. The van der Waals surface area contributed by atoms with E-state index in [9.17, 15) is 9.18 Å². The Morgan fingerprint density at radius 1 is 1.46 bits per heavy atom. The van der Waals surface area contributed by atoms with Gasteiger partial charge in [-0.2, -0.15) is 0 Å². The maximum atomic E-state index is 13.0. The lowest BCUT2D eigenvalue weighted by atomic mass is 10.0. The lowest BCUT2D eigenvalue weighted by Crippen LogP contribution is -2.14. The number of rotatable bonds is 3. The summed E-state index contributed by atoms with van der Waals surface area (Å²) in [6, 6.07) is 5.76. The average Bonchev–Trinajstić information content (AvgIpc) is 3.14. The number of amides is 1. The number of carbonyl (C=O) groups excluding carboxylic acids is 1. The zero-order chi connectivity index (χ0) is 16.8. The molecule has 2 aromatic heterocycles. The number of carbonyl (C=O) groups is 1. The van der Waals surface area contributed by atoms with Gasteiger partial charge in [-0.1, -0.05) is 22.9 Å². The van der Waals surface area contributed by atoms with Crippen LogP contribution in [0.4, 0.5) is 9.52 Å². The Labute approximate surface area is 146 Å². The Bertz CT molecular complexity index is 958. The molecule has 4 nitrogen and oxygen atoms in total. The summed E-state index contributed by atoms with van der Waals surface area (Å²) in [6.45, 7) is 2.01. The number of benzene rings is 1. The van der Waals surface area contributed by atoms with E-state index in [1.54, 1.807) is 12.4 Å². The second-order valence-corrected chi connectivity index (χ2v) is 7.30. The minimum atomic E-state index is -1.02. The van der Waals surface area contributed by atoms with E-state index in [1.807, 2.05) is 25.1 Å². The number of fused-ring (bicyclic) bond motifs is 1. The number of aromatic nitrogens is 2. The molecule has 2 unspecified atom stereocenters. The SMILES string of the molecule is Cc1ccncc1-c1cc(Cl)c2nc(NC(=O)C3CC3F)sc2c1. The largest absolute Gasteiger partial charge is 0.302 e. The molecule has 0 bridgehead atoms. The van der Waals surface area contributed by atoms with Crippen molar-refractivity contribution in [1.82, 2.24) is 9.97 Å². The maximum Gasteiger partial charge on any atom is 0.232 e. The third-order valence-corrected chi connectivity index (χ3v) is 5.28. The first-order chi connectivity index (χ1) is 11.5. The van der Waals surface area contributed by atoms with Gasteiger partial charge in [0.1, 0.15) is 11.7 Å². The smallest absolute Gasteiger partial charge is 0.232 e. The standard InChI is InChI=1S/C17H13ClFN3OS/c1-8-2-3-20-7-11(8)9-4-12(18)15-14(5-9)24-17(21-15)22-16(23)10-6-13(10)19/h2-5,7,10,13H,6H2,1H3,(H,21,22,23).